The highest BCUT2D eigenvalue weighted by molar-refractivity contribution is 6.31. The van der Waals surface area contributed by atoms with E-state index in [1.54, 1.807) is 0 Å². The van der Waals surface area contributed by atoms with Crippen LogP contribution in [-0.4, -0.2) is 32.2 Å². The molecule has 1 N–H and O–H groups in total. The zero-order valence-electron chi connectivity index (χ0n) is 12.1. The van der Waals surface area contributed by atoms with E-state index in [1.807, 2.05) is 18.2 Å². The van der Waals surface area contributed by atoms with Crippen molar-refractivity contribution >= 4 is 28.9 Å². The first-order valence-electron chi connectivity index (χ1n) is 7.67. The van der Waals surface area contributed by atoms with E-state index in [4.69, 9.17) is 16.3 Å². The summed E-state index contributed by atoms with van der Waals surface area (Å²) < 4.78 is 5.31. The predicted octanol–water partition coefficient (Wildman–Crippen LogP) is 3.31. The van der Waals surface area contributed by atoms with Crippen LogP contribution in [-0.2, 0) is 9.53 Å². The minimum Gasteiger partial charge on any atom is -0.381 e. The van der Waals surface area contributed by atoms with Gasteiger partial charge in [-0.15, -0.1) is 0 Å². The van der Waals surface area contributed by atoms with Crippen LogP contribution in [0.25, 0.3) is 0 Å². The molecule has 1 aromatic carbocycles. The lowest BCUT2D eigenvalue weighted by molar-refractivity contribution is -0.122. The Bertz CT molecular complexity index is 509. The normalized spacial score (nSPS) is 19.8. The lowest BCUT2D eigenvalue weighted by Crippen LogP contribution is -2.29. The molecule has 0 aliphatic carbocycles. The fourth-order valence-electron chi connectivity index (χ4n) is 3.04. The molecule has 0 spiro atoms. The third kappa shape index (κ3) is 3.50. The van der Waals surface area contributed by atoms with Gasteiger partial charge < -0.3 is 15.0 Å². The van der Waals surface area contributed by atoms with E-state index in [1.165, 1.54) is 12.8 Å². The van der Waals surface area contributed by atoms with Crippen LogP contribution in [0.4, 0.5) is 11.4 Å². The van der Waals surface area contributed by atoms with Gasteiger partial charge in [0.15, 0.2) is 0 Å². The largest absolute Gasteiger partial charge is 0.381 e. The first kappa shape index (κ1) is 14.7. The van der Waals surface area contributed by atoms with Crippen LogP contribution in [0.3, 0.4) is 0 Å². The number of amides is 1. The quantitative estimate of drug-likeness (QED) is 0.931. The van der Waals surface area contributed by atoms with Crippen LogP contribution in [0.2, 0.25) is 5.02 Å². The van der Waals surface area contributed by atoms with E-state index in [9.17, 15) is 4.79 Å². The van der Waals surface area contributed by atoms with E-state index >= 15 is 0 Å². The van der Waals surface area contributed by atoms with E-state index in [0.29, 0.717) is 18.2 Å². The number of hydrogen-bond acceptors (Lipinski definition) is 3. The fourth-order valence-corrected chi connectivity index (χ4v) is 3.21. The van der Waals surface area contributed by atoms with Gasteiger partial charge >= 0.3 is 0 Å². The molecule has 2 fully saturated rings. The summed E-state index contributed by atoms with van der Waals surface area (Å²) in [6.07, 6.45) is 4.00. The maximum Gasteiger partial charge on any atom is 0.227 e. The summed E-state index contributed by atoms with van der Waals surface area (Å²) in [5.41, 5.74) is 1.92. The summed E-state index contributed by atoms with van der Waals surface area (Å²) in [4.78, 5) is 14.7. The summed E-state index contributed by atoms with van der Waals surface area (Å²) in [5, 5.41) is 3.73. The Hall–Kier alpha value is -1.26. The van der Waals surface area contributed by atoms with Gasteiger partial charge in [0.25, 0.3) is 0 Å². The van der Waals surface area contributed by atoms with Crippen LogP contribution >= 0.6 is 11.6 Å². The average Bonchev–Trinajstić information content (AvgIpc) is 3.02. The molecule has 114 valence electrons. The van der Waals surface area contributed by atoms with Crippen LogP contribution in [0.15, 0.2) is 18.2 Å². The second-order valence-corrected chi connectivity index (χ2v) is 6.17. The van der Waals surface area contributed by atoms with Gasteiger partial charge in [-0.25, -0.2) is 0 Å². The van der Waals surface area contributed by atoms with Crippen molar-refractivity contribution in [3.05, 3.63) is 23.2 Å². The molecule has 2 aliphatic rings. The van der Waals surface area contributed by atoms with Crippen molar-refractivity contribution in [1.82, 2.24) is 0 Å². The number of nitrogens with one attached hydrogen (secondary N) is 1. The molecule has 0 aromatic heterocycles. The van der Waals surface area contributed by atoms with Gasteiger partial charge in [0.05, 0.1) is 11.4 Å². The van der Waals surface area contributed by atoms with E-state index in [-0.39, 0.29) is 11.8 Å². The highest BCUT2D eigenvalue weighted by Gasteiger charge is 2.23. The Morgan fingerprint density at radius 3 is 2.67 bits per heavy atom. The highest BCUT2D eigenvalue weighted by atomic mass is 35.5. The third-order valence-corrected chi connectivity index (χ3v) is 4.49. The van der Waals surface area contributed by atoms with Crippen molar-refractivity contribution in [2.45, 2.75) is 25.7 Å². The third-order valence-electron chi connectivity index (χ3n) is 4.26. The molecule has 4 nitrogen and oxygen atoms in total. The maximum atomic E-state index is 12.4. The molecule has 1 aromatic rings. The van der Waals surface area contributed by atoms with Crippen LogP contribution < -0.4 is 10.2 Å². The van der Waals surface area contributed by atoms with E-state index < -0.39 is 0 Å². The molecule has 21 heavy (non-hydrogen) atoms. The summed E-state index contributed by atoms with van der Waals surface area (Å²) >= 11 is 6.10. The van der Waals surface area contributed by atoms with Crippen LogP contribution in [0.1, 0.15) is 25.7 Å². The number of benzene rings is 1. The maximum absolute atomic E-state index is 12.4. The number of halogens is 1. The Labute approximate surface area is 130 Å². The van der Waals surface area contributed by atoms with E-state index in [2.05, 4.69) is 10.2 Å². The number of nitrogens with zero attached hydrogens (tertiary/aromatic N) is 1. The lowest BCUT2D eigenvalue weighted by Gasteiger charge is -2.25. The second kappa shape index (κ2) is 6.67. The molecule has 0 unspecified atom stereocenters. The Morgan fingerprint density at radius 1 is 1.24 bits per heavy atom. The Balaban J connectivity index is 1.76. The predicted molar refractivity (Wildman–Crippen MR) is 85.1 cm³/mol. The number of carbonyl (C=O) groups excluding carboxylic acids is 1. The SMILES string of the molecule is O=C(Nc1cc(Cl)ccc1N1CCCC1)C1CCOCC1. The summed E-state index contributed by atoms with van der Waals surface area (Å²) in [6, 6.07) is 5.75. The minimum atomic E-state index is 0.0455. The minimum absolute atomic E-state index is 0.0455. The van der Waals surface area contributed by atoms with Crippen LogP contribution in [0, 0.1) is 5.92 Å². The Kier molecular flexibility index (Phi) is 4.66. The highest BCUT2D eigenvalue weighted by Crippen LogP contribution is 2.32. The Morgan fingerprint density at radius 2 is 1.95 bits per heavy atom. The molecule has 2 heterocycles. The van der Waals surface area contributed by atoms with Gasteiger partial charge in [0.1, 0.15) is 0 Å². The van der Waals surface area contributed by atoms with Crippen molar-refractivity contribution in [2.75, 3.05) is 36.5 Å². The van der Waals surface area contributed by atoms with Gasteiger partial charge in [-0.2, -0.15) is 0 Å². The first-order chi connectivity index (χ1) is 10.2. The van der Waals surface area contributed by atoms with Crippen LogP contribution in [0.5, 0.6) is 0 Å². The molecule has 0 atom stereocenters. The number of hydrogen-bond donors (Lipinski definition) is 1. The number of carbonyl (C=O) groups is 1. The first-order valence-corrected chi connectivity index (χ1v) is 8.05. The molecule has 3 rings (SSSR count). The monoisotopic (exact) mass is 308 g/mol. The van der Waals surface area contributed by atoms with Gasteiger partial charge in [-0.05, 0) is 43.9 Å². The van der Waals surface area contributed by atoms with Gasteiger partial charge in [-0.3, -0.25) is 4.79 Å². The van der Waals surface area contributed by atoms with Crippen molar-refractivity contribution < 1.29 is 9.53 Å². The molecule has 1 amide bonds. The molecule has 2 aliphatic heterocycles. The molecule has 2 saturated heterocycles. The fraction of sp³-hybridized carbons (Fsp3) is 0.562. The van der Waals surface area contributed by atoms with E-state index in [0.717, 1.165) is 37.3 Å². The van der Waals surface area contributed by atoms with Gasteiger partial charge in [0.2, 0.25) is 5.91 Å². The van der Waals surface area contributed by atoms with Gasteiger partial charge in [0, 0.05) is 37.2 Å². The van der Waals surface area contributed by atoms with Crippen molar-refractivity contribution in [1.29, 1.82) is 0 Å². The number of ether oxygens (including phenoxy) is 1. The zero-order chi connectivity index (χ0) is 14.7. The van der Waals surface area contributed by atoms with Crippen molar-refractivity contribution in [3.8, 4) is 0 Å². The zero-order valence-corrected chi connectivity index (χ0v) is 12.9. The standard InChI is InChI=1S/C16H21ClN2O2/c17-13-3-4-15(19-7-1-2-8-19)14(11-13)18-16(20)12-5-9-21-10-6-12/h3-4,11-12H,1-2,5-10H2,(H,18,20). The summed E-state index contributed by atoms with van der Waals surface area (Å²) in [6.45, 7) is 3.43. The van der Waals surface area contributed by atoms with Crippen molar-refractivity contribution in [3.63, 3.8) is 0 Å². The second-order valence-electron chi connectivity index (χ2n) is 5.73. The van der Waals surface area contributed by atoms with Crippen molar-refractivity contribution in [2.24, 2.45) is 5.92 Å². The molecular formula is C16H21ClN2O2. The molecule has 0 bridgehead atoms. The molecule has 0 radical (unpaired) electrons. The lowest BCUT2D eigenvalue weighted by atomic mass is 9.99. The molecule has 5 heteroatoms. The average molecular weight is 309 g/mol. The summed E-state index contributed by atoms with van der Waals surface area (Å²) in [5.74, 6) is 0.130. The number of anilines is 2. The molecule has 0 saturated carbocycles. The van der Waals surface area contributed by atoms with Gasteiger partial charge in [-0.1, -0.05) is 11.6 Å². The summed E-state index contributed by atoms with van der Waals surface area (Å²) in [7, 11) is 0. The topological polar surface area (TPSA) is 41.6 Å². The molecular weight excluding hydrogens is 288 g/mol. The smallest absolute Gasteiger partial charge is 0.227 e. The number of rotatable bonds is 3.